The first-order valence-electron chi connectivity index (χ1n) is 10.2. The molecule has 2 N–H and O–H groups in total. The minimum absolute atomic E-state index is 0.305. The highest BCUT2D eigenvalue weighted by molar-refractivity contribution is 7.10. The van der Waals surface area contributed by atoms with E-state index in [0.717, 1.165) is 38.6 Å². The fourth-order valence-corrected chi connectivity index (χ4v) is 6.26. The maximum atomic E-state index is 13.3. The molecule has 1 aromatic carbocycles. The Balaban J connectivity index is 1.36. The third-order valence-electron chi connectivity index (χ3n) is 5.90. The molecule has 5 rings (SSSR count). The Morgan fingerprint density at radius 2 is 1.94 bits per heavy atom. The summed E-state index contributed by atoms with van der Waals surface area (Å²) < 4.78 is 0. The Morgan fingerprint density at radius 1 is 1.10 bits per heavy atom. The van der Waals surface area contributed by atoms with Gasteiger partial charge in [-0.15, -0.1) is 22.7 Å². The molecule has 2 atom stereocenters. The maximum Gasteiger partial charge on any atom is 0.325 e. The molecule has 3 heterocycles. The Labute approximate surface area is 187 Å². The minimum Gasteiger partial charge on any atom is -0.343 e. The second-order valence-electron chi connectivity index (χ2n) is 7.76. The lowest BCUT2D eigenvalue weighted by molar-refractivity contribution is -0.135. The van der Waals surface area contributed by atoms with Gasteiger partial charge in [0.25, 0.3) is 5.91 Å². The smallest absolute Gasteiger partial charge is 0.325 e. The average molecular weight is 452 g/mol. The number of nitrogens with zero attached hydrogens (tertiary/aromatic N) is 1. The molecule has 2 aliphatic rings. The largest absolute Gasteiger partial charge is 0.343 e. The number of thiophene rings is 2. The third kappa shape index (κ3) is 3.45. The molecule has 0 saturated carbocycles. The van der Waals surface area contributed by atoms with Crippen LogP contribution in [-0.4, -0.2) is 29.3 Å². The van der Waals surface area contributed by atoms with Gasteiger partial charge in [-0.1, -0.05) is 36.4 Å². The van der Waals surface area contributed by atoms with Gasteiger partial charge in [0.15, 0.2) is 0 Å². The van der Waals surface area contributed by atoms with Crippen LogP contribution in [0.5, 0.6) is 0 Å². The highest BCUT2D eigenvalue weighted by Gasteiger charge is 2.54. The van der Waals surface area contributed by atoms with Gasteiger partial charge in [-0.3, -0.25) is 14.5 Å². The summed E-state index contributed by atoms with van der Waals surface area (Å²) in [6.45, 7) is -0.305. The number of carbonyl (C=O) groups excluding carboxylic acids is 3. The van der Waals surface area contributed by atoms with Crippen molar-refractivity contribution in [1.82, 2.24) is 15.5 Å². The fraction of sp³-hybridized carbons (Fsp3) is 0.261. The van der Waals surface area contributed by atoms with Crippen LogP contribution in [0, 0.1) is 0 Å². The normalized spacial score (nSPS) is 21.1. The number of nitrogens with one attached hydrogen (secondary N) is 2. The zero-order chi connectivity index (χ0) is 21.4. The summed E-state index contributed by atoms with van der Waals surface area (Å²) in [5.74, 6) is -0.705. The number of amides is 4. The molecular weight excluding hydrogens is 430 g/mol. The topological polar surface area (TPSA) is 78.5 Å². The van der Waals surface area contributed by atoms with Crippen LogP contribution in [0.25, 0.3) is 0 Å². The molecule has 6 nitrogen and oxygen atoms in total. The molecule has 2 aromatic heterocycles. The molecular formula is C23H21N3O3S2. The maximum absolute atomic E-state index is 13.3. The van der Waals surface area contributed by atoms with Crippen molar-refractivity contribution in [2.45, 2.75) is 30.8 Å². The van der Waals surface area contributed by atoms with Gasteiger partial charge in [0.2, 0.25) is 5.91 Å². The van der Waals surface area contributed by atoms with Crippen molar-refractivity contribution in [3.8, 4) is 0 Å². The molecule has 31 heavy (non-hydrogen) atoms. The molecule has 1 fully saturated rings. The molecule has 0 bridgehead atoms. The van der Waals surface area contributed by atoms with E-state index in [1.165, 1.54) is 0 Å². The predicted octanol–water partition coefficient (Wildman–Crippen LogP) is 3.80. The first-order valence-corrected chi connectivity index (χ1v) is 11.9. The van der Waals surface area contributed by atoms with E-state index >= 15 is 0 Å². The van der Waals surface area contributed by atoms with Crippen molar-refractivity contribution in [3.05, 3.63) is 80.2 Å². The molecule has 8 heteroatoms. The van der Waals surface area contributed by atoms with Crippen LogP contribution in [-0.2, 0) is 21.5 Å². The number of imide groups is 1. The Bertz CT molecular complexity index is 1130. The average Bonchev–Trinajstić information content (AvgIpc) is 3.52. The van der Waals surface area contributed by atoms with Crippen LogP contribution >= 0.6 is 22.7 Å². The molecule has 1 spiro atoms. The van der Waals surface area contributed by atoms with E-state index in [1.54, 1.807) is 22.7 Å². The van der Waals surface area contributed by atoms with Gasteiger partial charge in [0.1, 0.15) is 12.1 Å². The quantitative estimate of drug-likeness (QED) is 0.579. The van der Waals surface area contributed by atoms with Gasteiger partial charge in [-0.25, -0.2) is 4.79 Å². The van der Waals surface area contributed by atoms with E-state index in [4.69, 9.17) is 0 Å². The summed E-state index contributed by atoms with van der Waals surface area (Å²) in [5, 5.41) is 9.82. The van der Waals surface area contributed by atoms with E-state index in [2.05, 4.69) is 10.6 Å². The standard InChI is InChI=1S/C23H21N3O3S2/c27-19(24-20(18-9-5-12-30-18)15-6-2-1-3-7-15)14-26-21(28)23(25-22(26)29)11-4-8-17-16(23)10-13-31-17/h1-3,5-7,9-10,12-13,20H,4,8,11,14H2,(H,24,27)(H,25,29)/t20-,23+/m0/s1. The first kappa shape index (κ1) is 20.0. The van der Waals surface area contributed by atoms with Crippen molar-refractivity contribution < 1.29 is 14.4 Å². The lowest BCUT2D eigenvalue weighted by Gasteiger charge is -2.31. The van der Waals surface area contributed by atoms with Crippen LogP contribution in [0.4, 0.5) is 4.79 Å². The fourth-order valence-electron chi connectivity index (χ4n) is 4.45. The zero-order valence-electron chi connectivity index (χ0n) is 16.7. The van der Waals surface area contributed by atoms with Crippen molar-refractivity contribution in [3.63, 3.8) is 0 Å². The van der Waals surface area contributed by atoms with Crippen LogP contribution in [0.1, 0.15) is 39.8 Å². The number of hydrogen-bond donors (Lipinski definition) is 2. The Kier molecular flexibility index (Phi) is 5.11. The van der Waals surface area contributed by atoms with Gasteiger partial charge >= 0.3 is 6.03 Å². The van der Waals surface area contributed by atoms with Crippen LogP contribution in [0.15, 0.2) is 59.3 Å². The highest BCUT2D eigenvalue weighted by atomic mass is 32.1. The number of fused-ring (bicyclic) bond motifs is 2. The summed E-state index contributed by atoms with van der Waals surface area (Å²) in [4.78, 5) is 42.2. The van der Waals surface area contributed by atoms with Crippen LogP contribution in [0.2, 0.25) is 0 Å². The Morgan fingerprint density at radius 3 is 2.71 bits per heavy atom. The van der Waals surface area contributed by atoms with Crippen molar-refractivity contribution in [1.29, 1.82) is 0 Å². The Hall–Kier alpha value is -2.97. The van der Waals surface area contributed by atoms with Gasteiger partial charge < -0.3 is 10.6 Å². The van der Waals surface area contributed by atoms with Crippen molar-refractivity contribution >= 4 is 40.5 Å². The lowest BCUT2D eigenvalue weighted by Crippen LogP contribution is -2.47. The van der Waals surface area contributed by atoms with E-state index in [9.17, 15) is 14.4 Å². The molecule has 0 unspecified atom stereocenters. The van der Waals surface area contributed by atoms with Gasteiger partial charge in [-0.05, 0) is 47.7 Å². The number of urea groups is 1. The lowest BCUT2D eigenvalue weighted by atomic mass is 9.80. The predicted molar refractivity (Wildman–Crippen MR) is 120 cm³/mol. The molecule has 4 amide bonds. The molecule has 1 saturated heterocycles. The van der Waals surface area contributed by atoms with E-state index in [-0.39, 0.29) is 24.4 Å². The van der Waals surface area contributed by atoms with E-state index < -0.39 is 11.6 Å². The number of carbonyl (C=O) groups is 3. The number of aryl methyl sites for hydroxylation is 1. The summed E-state index contributed by atoms with van der Waals surface area (Å²) in [6.07, 6.45) is 2.30. The second-order valence-corrected chi connectivity index (χ2v) is 9.74. The monoisotopic (exact) mass is 451 g/mol. The van der Waals surface area contributed by atoms with E-state index in [0.29, 0.717) is 6.42 Å². The molecule has 0 radical (unpaired) electrons. The molecule has 3 aromatic rings. The first-order chi connectivity index (χ1) is 15.1. The van der Waals surface area contributed by atoms with E-state index in [1.807, 2.05) is 59.3 Å². The summed E-state index contributed by atoms with van der Waals surface area (Å²) >= 11 is 3.16. The number of hydrogen-bond acceptors (Lipinski definition) is 5. The van der Waals surface area contributed by atoms with Gasteiger partial charge in [0.05, 0.1) is 6.04 Å². The number of benzene rings is 1. The molecule has 1 aliphatic heterocycles. The summed E-state index contributed by atoms with van der Waals surface area (Å²) in [7, 11) is 0. The highest BCUT2D eigenvalue weighted by Crippen LogP contribution is 2.42. The molecule has 1 aliphatic carbocycles. The van der Waals surface area contributed by atoms with Gasteiger partial charge in [0, 0.05) is 15.3 Å². The van der Waals surface area contributed by atoms with Crippen LogP contribution < -0.4 is 10.6 Å². The SMILES string of the molecule is O=C(CN1C(=O)N[C@@]2(CCCc3sccc32)C1=O)N[C@@H](c1ccccc1)c1cccs1. The number of rotatable bonds is 5. The summed E-state index contributed by atoms with van der Waals surface area (Å²) in [6, 6.07) is 14.6. The van der Waals surface area contributed by atoms with Crippen molar-refractivity contribution in [2.75, 3.05) is 6.54 Å². The zero-order valence-corrected chi connectivity index (χ0v) is 18.3. The van der Waals surface area contributed by atoms with Gasteiger partial charge in [-0.2, -0.15) is 0 Å². The third-order valence-corrected chi connectivity index (χ3v) is 7.82. The second kappa shape index (κ2) is 7.94. The molecule has 158 valence electrons. The minimum atomic E-state index is -1.03. The van der Waals surface area contributed by atoms with Crippen molar-refractivity contribution in [2.24, 2.45) is 0 Å². The van der Waals surface area contributed by atoms with Crippen LogP contribution in [0.3, 0.4) is 0 Å². The summed E-state index contributed by atoms with van der Waals surface area (Å²) in [5.41, 5.74) is 0.797.